The van der Waals surface area contributed by atoms with Crippen molar-refractivity contribution in [3.8, 4) is 0 Å². The molecule has 0 bridgehead atoms. The molecule has 0 aliphatic rings. The normalized spacial score (nSPS) is 12.1. The Balaban J connectivity index is 2.40. The molecule has 0 radical (unpaired) electrons. The van der Waals surface area contributed by atoms with Crippen LogP contribution < -0.4 is 11.1 Å². The van der Waals surface area contributed by atoms with Gasteiger partial charge in [-0.3, -0.25) is 4.79 Å². The third kappa shape index (κ3) is 4.87. The van der Waals surface area contributed by atoms with Gasteiger partial charge in [-0.2, -0.15) is 0 Å². The standard InChI is InChI=1S/C13H20N2O2/c1-10(9-13(16)15-7-8-17-2)11-3-5-12(14)6-4-11/h3-6,10H,7-9,14H2,1-2H3,(H,15,16). The lowest BCUT2D eigenvalue weighted by Gasteiger charge is -2.12. The SMILES string of the molecule is COCCNC(=O)CC(C)c1ccc(N)cc1. The molecule has 3 N–H and O–H groups in total. The Morgan fingerprint density at radius 1 is 1.41 bits per heavy atom. The lowest BCUT2D eigenvalue weighted by molar-refractivity contribution is -0.121. The first-order valence-electron chi connectivity index (χ1n) is 5.74. The number of carbonyl (C=O) groups excluding carboxylic acids is 1. The van der Waals surface area contributed by atoms with Crippen LogP contribution in [-0.2, 0) is 9.53 Å². The fraction of sp³-hybridized carbons (Fsp3) is 0.462. The quantitative estimate of drug-likeness (QED) is 0.581. The van der Waals surface area contributed by atoms with Gasteiger partial charge in [0.1, 0.15) is 0 Å². The lowest BCUT2D eigenvalue weighted by atomic mass is 9.97. The smallest absolute Gasteiger partial charge is 0.220 e. The van der Waals surface area contributed by atoms with E-state index in [1.54, 1.807) is 7.11 Å². The monoisotopic (exact) mass is 236 g/mol. The highest BCUT2D eigenvalue weighted by molar-refractivity contribution is 5.76. The number of hydrogen-bond acceptors (Lipinski definition) is 3. The van der Waals surface area contributed by atoms with Gasteiger partial charge < -0.3 is 15.8 Å². The molecule has 1 unspecified atom stereocenters. The van der Waals surface area contributed by atoms with E-state index in [2.05, 4.69) is 5.32 Å². The van der Waals surface area contributed by atoms with Crippen LogP contribution in [0.4, 0.5) is 5.69 Å². The first-order valence-corrected chi connectivity index (χ1v) is 5.74. The number of methoxy groups -OCH3 is 1. The molecule has 0 heterocycles. The van der Waals surface area contributed by atoms with Gasteiger partial charge in [-0.05, 0) is 23.6 Å². The Hall–Kier alpha value is -1.55. The molecule has 17 heavy (non-hydrogen) atoms. The molecule has 1 aromatic carbocycles. The number of rotatable bonds is 6. The van der Waals surface area contributed by atoms with Crippen molar-refractivity contribution in [2.45, 2.75) is 19.3 Å². The van der Waals surface area contributed by atoms with Gasteiger partial charge in [-0.1, -0.05) is 19.1 Å². The fourth-order valence-electron chi connectivity index (χ4n) is 1.59. The van der Waals surface area contributed by atoms with Gasteiger partial charge in [-0.15, -0.1) is 0 Å². The molecule has 0 aliphatic heterocycles. The Bertz CT molecular complexity index is 349. The maximum atomic E-state index is 11.6. The van der Waals surface area contributed by atoms with Crippen molar-refractivity contribution in [3.63, 3.8) is 0 Å². The zero-order valence-corrected chi connectivity index (χ0v) is 10.4. The second-order valence-electron chi connectivity index (χ2n) is 4.11. The largest absolute Gasteiger partial charge is 0.399 e. The van der Waals surface area contributed by atoms with Gasteiger partial charge in [0.05, 0.1) is 6.61 Å². The van der Waals surface area contributed by atoms with Crippen LogP contribution >= 0.6 is 0 Å². The van der Waals surface area contributed by atoms with E-state index in [4.69, 9.17) is 10.5 Å². The average molecular weight is 236 g/mol. The van der Waals surface area contributed by atoms with Crippen molar-refractivity contribution in [1.82, 2.24) is 5.32 Å². The minimum atomic E-state index is 0.0476. The Kier molecular flexibility index (Phi) is 5.49. The summed E-state index contributed by atoms with van der Waals surface area (Å²) < 4.78 is 4.87. The second-order valence-corrected chi connectivity index (χ2v) is 4.11. The molecule has 1 rings (SSSR count). The summed E-state index contributed by atoms with van der Waals surface area (Å²) >= 11 is 0. The molecule has 0 aromatic heterocycles. The topological polar surface area (TPSA) is 64.3 Å². The molecule has 94 valence electrons. The molecule has 4 heteroatoms. The number of hydrogen-bond donors (Lipinski definition) is 2. The molecule has 1 atom stereocenters. The number of carbonyl (C=O) groups is 1. The molecule has 0 fully saturated rings. The minimum Gasteiger partial charge on any atom is -0.399 e. The highest BCUT2D eigenvalue weighted by atomic mass is 16.5. The van der Waals surface area contributed by atoms with E-state index < -0.39 is 0 Å². The summed E-state index contributed by atoms with van der Waals surface area (Å²) in [6, 6.07) is 7.63. The number of anilines is 1. The van der Waals surface area contributed by atoms with E-state index in [1.165, 1.54) is 0 Å². The average Bonchev–Trinajstić information content (AvgIpc) is 2.30. The number of nitrogens with two attached hydrogens (primary N) is 1. The molecule has 0 saturated heterocycles. The number of nitrogen functional groups attached to an aromatic ring is 1. The summed E-state index contributed by atoms with van der Waals surface area (Å²) in [5, 5.41) is 2.81. The third-order valence-corrected chi connectivity index (χ3v) is 2.63. The summed E-state index contributed by atoms with van der Waals surface area (Å²) in [7, 11) is 1.61. The van der Waals surface area contributed by atoms with E-state index in [0.717, 1.165) is 11.3 Å². The highest BCUT2D eigenvalue weighted by Crippen LogP contribution is 2.19. The lowest BCUT2D eigenvalue weighted by Crippen LogP contribution is -2.27. The van der Waals surface area contributed by atoms with Gasteiger partial charge in [0.15, 0.2) is 0 Å². The number of nitrogens with one attached hydrogen (secondary N) is 1. The maximum absolute atomic E-state index is 11.6. The van der Waals surface area contributed by atoms with Crippen molar-refractivity contribution in [1.29, 1.82) is 0 Å². The van der Waals surface area contributed by atoms with Gasteiger partial charge in [-0.25, -0.2) is 0 Å². The summed E-state index contributed by atoms with van der Waals surface area (Å²) in [6.07, 6.45) is 0.480. The Morgan fingerprint density at radius 2 is 2.06 bits per heavy atom. The number of amides is 1. The van der Waals surface area contributed by atoms with Crippen LogP contribution in [0.2, 0.25) is 0 Å². The summed E-state index contributed by atoms with van der Waals surface area (Å²) in [5.74, 6) is 0.240. The van der Waals surface area contributed by atoms with Crippen LogP contribution in [0.3, 0.4) is 0 Å². The molecule has 1 aromatic rings. The van der Waals surface area contributed by atoms with Crippen LogP contribution in [0.25, 0.3) is 0 Å². The molecule has 1 amide bonds. The van der Waals surface area contributed by atoms with E-state index in [0.29, 0.717) is 19.6 Å². The first-order chi connectivity index (χ1) is 8.13. The Labute approximate surface area is 102 Å². The number of ether oxygens (including phenoxy) is 1. The maximum Gasteiger partial charge on any atom is 0.220 e. The number of benzene rings is 1. The van der Waals surface area contributed by atoms with E-state index in [1.807, 2.05) is 31.2 Å². The van der Waals surface area contributed by atoms with Crippen molar-refractivity contribution < 1.29 is 9.53 Å². The predicted molar refractivity (Wildman–Crippen MR) is 68.8 cm³/mol. The summed E-state index contributed by atoms with van der Waals surface area (Å²) in [6.45, 7) is 3.13. The molecule has 0 saturated carbocycles. The highest BCUT2D eigenvalue weighted by Gasteiger charge is 2.10. The van der Waals surface area contributed by atoms with Crippen molar-refractivity contribution in [2.75, 3.05) is 26.0 Å². The van der Waals surface area contributed by atoms with Crippen LogP contribution in [0.1, 0.15) is 24.8 Å². The van der Waals surface area contributed by atoms with Gasteiger partial charge >= 0.3 is 0 Å². The summed E-state index contributed by atoms with van der Waals surface area (Å²) in [5.41, 5.74) is 7.48. The van der Waals surface area contributed by atoms with Gasteiger partial charge in [0.2, 0.25) is 5.91 Å². The molecular formula is C13H20N2O2. The molecular weight excluding hydrogens is 216 g/mol. The molecule has 0 aliphatic carbocycles. The van der Waals surface area contributed by atoms with Gasteiger partial charge in [0, 0.05) is 25.8 Å². The predicted octanol–water partition coefficient (Wildman–Crippen LogP) is 1.52. The first kappa shape index (κ1) is 13.5. The van der Waals surface area contributed by atoms with E-state index in [9.17, 15) is 4.79 Å². The molecule has 0 spiro atoms. The fourth-order valence-corrected chi connectivity index (χ4v) is 1.59. The van der Waals surface area contributed by atoms with Crippen molar-refractivity contribution in [2.24, 2.45) is 0 Å². The van der Waals surface area contributed by atoms with Crippen LogP contribution in [-0.4, -0.2) is 26.2 Å². The van der Waals surface area contributed by atoms with Crippen molar-refractivity contribution in [3.05, 3.63) is 29.8 Å². The Morgan fingerprint density at radius 3 is 2.65 bits per heavy atom. The zero-order valence-electron chi connectivity index (χ0n) is 10.4. The van der Waals surface area contributed by atoms with Gasteiger partial charge in [0.25, 0.3) is 0 Å². The van der Waals surface area contributed by atoms with Crippen LogP contribution in [0.5, 0.6) is 0 Å². The van der Waals surface area contributed by atoms with E-state index in [-0.39, 0.29) is 11.8 Å². The minimum absolute atomic E-state index is 0.0476. The molecule has 4 nitrogen and oxygen atoms in total. The summed E-state index contributed by atoms with van der Waals surface area (Å²) in [4.78, 5) is 11.6. The second kappa shape index (κ2) is 6.91. The van der Waals surface area contributed by atoms with Crippen molar-refractivity contribution >= 4 is 11.6 Å². The zero-order chi connectivity index (χ0) is 12.7. The van der Waals surface area contributed by atoms with Crippen LogP contribution in [0, 0.1) is 0 Å². The third-order valence-electron chi connectivity index (χ3n) is 2.63. The van der Waals surface area contributed by atoms with Crippen LogP contribution in [0.15, 0.2) is 24.3 Å². The van der Waals surface area contributed by atoms with E-state index >= 15 is 0 Å².